The smallest absolute Gasteiger partial charge is 0.414 e. The lowest BCUT2D eigenvalue weighted by molar-refractivity contribution is -0.159. The molecule has 2 bridgehead atoms. The van der Waals surface area contributed by atoms with E-state index in [4.69, 9.17) is 36.1 Å². The van der Waals surface area contributed by atoms with E-state index >= 15 is 0 Å². The van der Waals surface area contributed by atoms with Crippen molar-refractivity contribution in [1.29, 1.82) is 0 Å². The molecule has 6 rings (SSSR count). The van der Waals surface area contributed by atoms with Gasteiger partial charge in [0.05, 0.1) is 12.7 Å². The highest BCUT2D eigenvalue weighted by molar-refractivity contribution is 6.30. The van der Waals surface area contributed by atoms with Crippen LogP contribution in [-0.2, 0) is 20.9 Å². The SMILES string of the molecule is Clc1cccc(CO[C@@H]2C3CCN(CC3)[C@@H]2C(c2ccccc2)c2ccccc2)c1.O=C(O)C(=O)O. The molecule has 36 heavy (non-hydrogen) atoms. The second-order valence-corrected chi connectivity index (χ2v) is 9.62. The molecule has 0 aromatic heterocycles. The zero-order valence-corrected chi connectivity index (χ0v) is 20.6. The molecule has 3 aromatic rings. The van der Waals surface area contributed by atoms with Crippen LogP contribution in [0.5, 0.6) is 0 Å². The van der Waals surface area contributed by atoms with Gasteiger partial charge in [0.2, 0.25) is 0 Å². The van der Waals surface area contributed by atoms with Crippen LogP contribution in [0.4, 0.5) is 0 Å². The van der Waals surface area contributed by atoms with Gasteiger partial charge in [0.25, 0.3) is 0 Å². The zero-order chi connectivity index (χ0) is 25.5. The van der Waals surface area contributed by atoms with Gasteiger partial charge in [0.1, 0.15) is 0 Å². The van der Waals surface area contributed by atoms with E-state index in [0.29, 0.717) is 24.5 Å². The summed E-state index contributed by atoms with van der Waals surface area (Å²) >= 11 is 6.20. The molecule has 0 unspecified atom stereocenters. The Labute approximate surface area is 216 Å². The van der Waals surface area contributed by atoms with Crippen molar-refractivity contribution >= 4 is 23.5 Å². The van der Waals surface area contributed by atoms with Crippen molar-refractivity contribution in [2.24, 2.45) is 5.92 Å². The van der Waals surface area contributed by atoms with Crippen LogP contribution in [0.25, 0.3) is 0 Å². The van der Waals surface area contributed by atoms with Crippen LogP contribution in [0.3, 0.4) is 0 Å². The number of benzene rings is 3. The Bertz CT molecular complexity index is 1100. The number of fused-ring (bicyclic) bond motifs is 3. The van der Waals surface area contributed by atoms with E-state index in [1.165, 1.54) is 37.1 Å². The van der Waals surface area contributed by atoms with Crippen LogP contribution < -0.4 is 0 Å². The largest absolute Gasteiger partial charge is 0.473 e. The first-order valence-electron chi connectivity index (χ1n) is 12.1. The normalized spacial score (nSPS) is 22.5. The predicted molar refractivity (Wildman–Crippen MR) is 138 cm³/mol. The number of carbonyl (C=O) groups is 2. The van der Waals surface area contributed by atoms with Gasteiger partial charge >= 0.3 is 11.9 Å². The maximum Gasteiger partial charge on any atom is 0.414 e. The summed E-state index contributed by atoms with van der Waals surface area (Å²) in [5.74, 6) is -2.72. The van der Waals surface area contributed by atoms with Crippen molar-refractivity contribution in [2.75, 3.05) is 13.1 Å². The standard InChI is InChI=1S/C27H28ClNO.C2H2O4/c28-24-13-7-8-20(18-24)19-30-27-23-14-16-29(17-15-23)26(27)25(21-9-3-1-4-10-21)22-11-5-2-6-12-22;3-1(4)2(5)6/h1-13,18,23,25-27H,14-17,19H2;(H,3,4)(H,5,6)/t26-,27-;/m1./s1. The lowest BCUT2D eigenvalue weighted by Crippen LogP contribution is -2.60. The average molecular weight is 508 g/mol. The molecule has 0 saturated carbocycles. The van der Waals surface area contributed by atoms with E-state index in [-0.39, 0.29) is 6.10 Å². The molecule has 0 amide bonds. The molecule has 3 heterocycles. The van der Waals surface area contributed by atoms with Gasteiger partial charge in [0.15, 0.2) is 0 Å². The monoisotopic (exact) mass is 507 g/mol. The molecule has 0 radical (unpaired) electrons. The Balaban J connectivity index is 0.000000455. The molecule has 3 aliphatic heterocycles. The van der Waals surface area contributed by atoms with E-state index in [1.807, 2.05) is 18.2 Å². The lowest BCUT2D eigenvalue weighted by Gasteiger charge is -2.53. The quantitative estimate of drug-likeness (QED) is 0.440. The summed E-state index contributed by atoms with van der Waals surface area (Å²) in [6.07, 6.45) is 2.68. The van der Waals surface area contributed by atoms with Crippen molar-refractivity contribution < 1.29 is 24.5 Å². The number of rotatable bonds is 6. The predicted octanol–water partition coefficient (Wildman–Crippen LogP) is 5.31. The summed E-state index contributed by atoms with van der Waals surface area (Å²) in [5.41, 5.74) is 3.89. The Morgan fingerprint density at radius 1 is 0.861 bits per heavy atom. The molecule has 6 nitrogen and oxygen atoms in total. The molecule has 3 fully saturated rings. The molecule has 2 N–H and O–H groups in total. The van der Waals surface area contributed by atoms with Gasteiger partial charge in [-0.05, 0) is 60.7 Å². The topological polar surface area (TPSA) is 87.1 Å². The highest BCUT2D eigenvalue weighted by Crippen LogP contribution is 2.43. The number of piperidine rings is 3. The number of hydrogen-bond acceptors (Lipinski definition) is 4. The highest BCUT2D eigenvalue weighted by Gasteiger charge is 2.47. The fourth-order valence-electron chi connectivity index (χ4n) is 5.39. The molecule has 3 aromatic carbocycles. The first-order chi connectivity index (χ1) is 17.4. The number of carboxylic acid groups (broad SMARTS) is 2. The summed E-state index contributed by atoms with van der Waals surface area (Å²) in [6, 6.07) is 30.3. The van der Waals surface area contributed by atoms with Gasteiger partial charge in [-0.15, -0.1) is 0 Å². The van der Waals surface area contributed by atoms with E-state index in [1.54, 1.807) is 0 Å². The zero-order valence-electron chi connectivity index (χ0n) is 19.9. The van der Waals surface area contributed by atoms with Crippen LogP contribution in [0, 0.1) is 5.92 Å². The van der Waals surface area contributed by atoms with Gasteiger partial charge in [-0.25, -0.2) is 9.59 Å². The average Bonchev–Trinajstić information content (AvgIpc) is 2.90. The number of hydrogen-bond donors (Lipinski definition) is 2. The number of carboxylic acids is 2. The Morgan fingerprint density at radius 2 is 1.42 bits per heavy atom. The third-order valence-corrected chi connectivity index (χ3v) is 7.21. The van der Waals surface area contributed by atoms with E-state index < -0.39 is 11.9 Å². The maximum atomic E-state index is 9.10. The van der Waals surface area contributed by atoms with Gasteiger partial charge in [-0.3, -0.25) is 4.90 Å². The van der Waals surface area contributed by atoms with Gasteiger partial charge in [-0.1, -0.05) is 84.4 Å². The second kappa shape index (κ2) is 12.2. The Morgan fingerprint density at radius 3 is 1.92 bits per heavy atom. The van der Waals surface area contributed by atoms with Gasteiger partial charge < -0.3 is 14.9 Å². The summed E-state index contributed by atoms with van der Waals surface area (Å²) < 4.78 is 6.69. The van der Waals surface area contributed by atoms with Crippen molar-refractivity contribution in [3.8, 4) is 0 Å². The minimum absolute atomic E-state index is 0.219. The number of ether oxygens (including phenoxy) is 1. The molecule has 188 valence electrons. The van der Waals surface area contributed by atoms with Crippen molar-refractivity contribution in [3.05, 3.63) is 107 Å². The van der Waals surface area contributed by atoms with Gasteiger partial charge in [0, 0.05) is 17.0 Å². The van der Waals surface area contributed by atoms with Crippen LogP contribution in [0.1, 0.15) is 35.4 Å². The van der Waals surface area contributed by atoms with E-state index in [9.17, 15) is 0 Å². The molecular weight excluding hydrogens is 478 g/mol. The molecule has 0 spiro atoms. The van der Waals surface area contributed by atoms with Crippen LogP contribution in [0.15, 0.2) is 84.9 Å². The van der Waals surface area contributed by atoms with Gasteiger partial charge in [-0.2, -0.15) is 0 Å². The summed E-state index contributed by atoms with van der Waals surface area (Å²) in [4.78, 5) is 20.9. The molecule has 0 aliphatic carbocycles. The Hall–Kier alpha value is -3.19. The number of nitrogens with zero attached hydrogens (tertiary/aromatic N) is 1. The second-order valence-electron chi connectivity index (χ2n) is 9.18. The minimum Gasteiger partial charge on any atom is -0.473 e. The number of aliphatic carboxylic acids is 2. The van der Waals surface area contributed by atoms with Crippen molar-refractivity contribution in [2.45, 2.75) is 37.5 Å². The molecule has 3 aliphatic rings. The van der Waals surface area contributed by atoms with Crippen LogP contribution in [0.2, 0.25) is 5.02 Å². The molecule has 2 atom stereocenters. The molecule has 7 heteroatoms. The number of halogens is 1. The van der Waals surface area contributed by atoms with Crippen molar-refractivity contribution in [3.63, 3.8) is 0 Å². The fourth-order valence-corrected chi connectivity index (χ4v) is 5.61. The maximum absolute atomic E-state index is 9.10. The first kappa shape index (κ1) is 25.9. The fraction of sp³-hybridized carbons (Fsp3) is 0.310. The highest BCUT2D eigenvalue weighted by atomic mass is 35.5. The minimum atomic E-state index is -1.82. The molecular formula is C29H30ClNO5. The third kappa shape index (κ3) is 6.32. The summed E-state index contributed by atoms with van der Waals surface area (Å²) in [5, 5.41) is 15.6. The van der Waals surface area contributed by atoms with Crippen LogP contribution >= 0.6 is 11.6 Å². The van der Waals surface area contributed by atoms with Crippen molar-refractivity contribution in [1.82, 2.24) is 4.90 Å². The lowest BCUT2D eigenvalue weighted by atomic mass is 9.72. The third-order valence-electron chi connectivity index (χ3n) is 6.97. The first-order valence-corrected chi connectivity index (χ1v) is 12.5. The Kier molecular flexibility index (Phi) is 8.75. The van der Waals surface area contributed by atoms with Crippen LogP contribution in [-0.4, -0.2) is 52.3 Å². The molecule has 3 saturated heterocycles. The summed E-state index contributed by atoms with van der Waals surface area (Å²) in [6.45, 7) is 2.95. The van der Waals surface area contributed by atoms with E-state index in [2.05, 4.69) is 71.6 Å². The summed E-state index contributed by atoms with van der Waals surface area (Å²) in [7, 11) is 0. The van der Waals surface area contributed by atoms with E-state index in [0.717, 1.165) is 10.6 Å².